The first kappa shape index (κ1) is 9.83. The van der Waals surface area contributed by atoms with E-state index in [2.05, 4.69) is 9.97 Å². The van der Waals surface area contributed by atoms with Crippen LogP contribution in [0.4, 0.5) is 5.82 Å². The molecule has 3 rings (SSSR count). The summed E-state index contributed by atoms with van der Waals surface area (Å²) in [6, 6.07) is 1.47. The van der Waals surface area contributed by atoms with Gasteiger partial charge < -0.3 is 15.6 Å². The number of anilines is 1. The smallest absolute Gasteiger partial charge is 0.354 e. The van der Waals surface area contributed by atoms with Gasteiger partial charge in [0.2, 0.25) is 0 Å². The van der Waals surface area contributed by atoms with Crippen LogP contribution < -0.4 is 10.5 Å². The molecular formula is C11H9N3O3. The molecule has 0 aliphatic carbocycles. The minimum Gasteiger partial charge on any atom is -0.492 e. The average Bonchev–Trinajstić information content (AvgIpc) is 2.78. The first-order valence-electron chi connectivity index (χ1n) is 5.11. The molecule has 3 N–H and O–H groups in total. The van der Waals surface area contributed by atoms with Crippen molar-refractivity contribution in [3.05, 3.63) is 23.5 Å². The molecule has 2 aromatic heterocycles. The average molecular weight is 231 g/mol. The van der Waals surface area contributed by atoms with Gasteiger partial charge in [-0.3, -0.25) is 0 Å². The van der Waals surface area contributed by atoms with Crippen LogP contribution >= 0.6 is 0 Å². The molecule has 0 radical (unpaired) electrons. The highest BCUT2D eigenvalue weighted by Crippen LogP contribution is 2.36. The fourth-order valence-corrected chi connectivity index (χ4v) is 1.97. The number of carboxylic acid groups (broad SMARTS) is 1. The summed E-state index contributed by atoms with van der Waals surface area (Å²) in [5, 5.41) is 9.55. The fourth-order valence-electron chi connectivity index (χ4n) is 1.97. The Bertz CT molecular complexity index is 639. The minimum atomic E-state index is -1.07. The molecule has 0 fully saturated rings. The van der Waals surface area contributed by atoms with E-state index < -0.39 is 5.97 Å². The van der Waals surface area contributed by atoms with Crippen molar-refractivity contribution in [1.29, 1.82) is 0 Å². The molecule has 0 spiro atoms. The number of carbonyl (C=O) groups is 1. The highest BCUT2D eigenvalue weighted by atomic mass is 16.5. The minimum absolute atomic E-state index is 0.0261. The molecule has 0 atom stereocenters. The van der Waals surface area contributed by atoms with Crippen molar-refractivity contribution < 1.29 is 14.6 Å². The number of pyridine rings is 2. The molecule has 1 aliphatic rings. The van der Waals surface area contributed by atoms with Crippen LogP contribution in [0.15, 0.2) is 12.3 Å². The normalized spacial score (nSPS) is 13.4. The number of rotatable bonds is 1. The first-order chi connectivity index (χ1) is 8.16. The second-order valence-corrected chi connectivity index (χ2v) is 3.80. The predicted molar refractivity (Wildman–Crippen MR) is 60.1 cm³/mol. The van der Waals surface area contributed by atoms with Crippen molar-refractivity contribution in [3.8, 4) is 5.75 Å². The summed E-state index contributed by atoms with van der Waals surface area (Å²) in [7, 11) is 0. The largest absolute Gasteiger partial charge is 0.492 e. The van der Waals surface area contributed by atoms with Crippen molar-refractivity contribution in [2.24, 2.45) is 0 Å². The van der Waals surface area contributed by atoms with Gasteiger partial charge >= 0.3 is 5.97 Å². The lowest BCUT2D eigenvalue weighted by molar-refractivity contribution is 0.0691. The van der Waals surface area contributed by atoms with Crippen LogP contribution in [0.25, 0.3) is 10.9 Å². The summed E-state index contributed by atoms with van der Waals surface area (Å²) in [6.07, 6.45) is 2.10. The van der Waals surface area contributed by atoms with Crippen LogP contribution in [-0.2, 0) is 6.42 Å². The van der Waals surface area contributed by atoms with Crippen LogP contribution in [0.2, 0.25) is 0 Å². The molecule has 3 heterocycles. The maximum absolute atomic E-state index is 10.9. The third-order valence-corrected chi connectivity index (χ3v) is 2.77. The van der Waals surface area contributed by atoms with Gasteiger partial charge in [-0.25, -0.2) is 14.8 Å². The lowest BCUT2D eigenvalue weighted by Crippen LogP contribution is -2.02. The molecule has 17 heavy (non-hydrogen) atoms. The number of carboxylic acids is 1. The van der Waals surface area contributed by atoms with Gasteiger partial charge in [-0.15, -0.1) is 0 Å². The van der Waals surface area contributed by atoms with Crippen molar-refractivity contribution >= 4 is 22.7 Å². The van der Waals surface area contributed by atoms with Gasteiger partial charge in [-0.1, -0.05) is 0 Å². The second-order valence-electron chi connectivity index (χ2n) is 3.80. The number of nitrogens with two attached hydrogens (primary N) is 1. The Kier molecular flexibility index (Phi) is 1.91. The highest BCUT2D eigenvalue weighted by molar-refractivity contribution is 5.95. The van der Waals surface area contributed by atoms with Crippen molar-refractivity contribution in [2.75, 3.05) is 12.3 Å². The number of aromatic nitrogens is 2. The molecule has 6 nitrogen and oxygen atoms in total. The number of ether oxygens (including phenoxy) is 1. The molecule has 0 saturated heterocycles. The topological polar surface area (TPSA) is 98.3 Å². The number of nitrogen functional groups attached to an aromatic ring is 1. The van der Waals surface area contributed by atoms with E-state index in [9.17, 15) is 4.79 Å². The van der Waals surface area contributed by atoms with E-state index in [0.29, 0.717) is 35.5 Å². The highest BCUT2D eigenvalue weighted by Gasteiger charge is 2.21. The Morgan fingerprint density at radius 2 is 2.35 bits per heavy atom. The Balaban J connectivity index is 2.35. The molecule has 2 aromatic rings. The van der Waals surface area contributed by atoms with E-state index in [0.717, 1.165) is 5.56 Å². The summed E-state index contributed by atoms with van der Waals surface area (Å²) < 4.78 is 5.49. The summed E-state index contributed by atoms with van der Waals surface area (Å²) in [5.41, 5.74) is 7.17. The van der Waals surface area contributed by atoms with E-state index in [1.807, 2.05) is 0 Å². The quantitative estimate of drug-likeness (QED) is 0.754. The summed E-state index contributed by atoms with van der Waals surface area (Å²) in [6.45, 7) is 0.547. The monoisotopic (exact) mass is 231 g/mol. The Hall–Kier alpha value is -2.37. The van der Waals surface area contributed by atoms with E-state index >= 15 is 0 Å². The number of hydrogen-bond donors (Lipinski definition) is 2. The van der Waals surface area contributed by atoms with Crippen LogP contribution in [-0.4, -0.2) is 27.7 Å². The Morgan fingerprint density at radius 1 is 1.53 bits per heavy atom. The lowest BCUT2D eigenvalue weighted by Gasteiger charge is -2.07. The van der Waals surface area contributed by atoms with Crippen LogP contribution in [0, 0.1) is 0 Å². The van der Waals surface area contributed by atoms with E-state index in [1.165, 1.54) is 12.3 Å². The first-order valence-corrected chi connectivity index (χ1v) is 5.11. The molecule has 0 amide bonds. The van der Waals surface area contributed by atoms with Crippen molar-refractivity contribution in [2.45, 2.75) is 6.42 Å². The maximum Gasteiger partial charge on any atom is 0.354 e. The van der Waals surface area contributed by atoms with Crippen molar-refractivity contribution in [3.63, 3.8) is 0 Å². The number of aromatic carboxylic acids is 1. The molecule has 0 unspecified atom stereocenters. The molecule has 0 saturated carbocycles. The van der Waals surface area contributed by atoms with Gasteiger partial charge in [0.25, 0.3) is 0 Å². The summed E-state index contributed by atoms with van der Waals surface area (Å²) in [5.74, 6) is -0.0113. The van der Waals surface area contributed by atoms with E-state index in [4.69, 9.17) is 15.6 Å². The molecule has 6 heteroatoms. The van der Waals surface area contributed by atoms with Gasteiger partial charge in [0, 0.05) is 17.4 Å². The zero-order chi connectivity index (χ0) is 12.0. The van der Waals surface area contributed by atoms with Gasteiger partial charge in [0.05, 0.1) is 18.3 Å². The van der Waals surface area contributed by atoms with E-state index in [1.54, 1.807) is 0 Å². The Labute approximate surface area is 96.1 Å². The third kappa shape index (κ3) is 1.37. The molecular weight excluding hydrogens is 222 g/mol. The van der Waals surface area contributed by atoms with Crippen LogP contribution in [0.1, 0.15) is 16.1 Å². The van der Waals surface area contributed by atoms with Gasteiger partial charge in [0.1, 0.15) is 17.3 Å². The van der Waals surface area contributed by atoms with Gasteiger partial charge in [-0.05, 0) is 6.07 Å². The SMILES string of the molecule is Nc1nc2cnc(C(=O)O)cc2c2c1CCO2. The Morgan fingerprint density at radius 3 is 3.12 bits per heavy atom. The van der Waals surface area contributed by atoms with Gasteiger partial charge in [0.15, 0.2) is 0 Å². The number of fused-ring (bicyclic) bond motifs is 3. The molecule has 0 aromatic carbocycles. The lowest BCUT2D eigenvalue weighted by atomic mass is 10.1. The molecule has 0 bridgehead atoms. The predicted octanol–water partition coefficient (Wildman–Crippen LogP) is 0.845. The van der Waals surface area contributed by atoms with Crippen LogP contribution in [0.3, 0.4) is 0 Å². The standard InChI is InChI=1S/C11H9N3O3/c12-10-5-1-2-17-9(5)6-3-7(11(15)16)13-4-8(6)14-10/h3-4H,1-2H2,(H2,12,14)(H,15,16). The van der Waals surface area contributed by atoms with Crippen molar-refractivity contribution in [1.82, 2.24) is 9.97 Å². The number of nitrogens with zero attached hydrogens (tertiary/aromatic N) is 2. The van der Waals surface area contributed by atoms with Crippen LogP contribution in [0.5, 0.6) is 5.75 Å². The number of hydrogen-bond acceptors (Lipinski definition) is 5. The summed E-state index contributed by atoms with van der Waals surface area (Å²) >= 11 is 0. The second kappa shape index (κ2) is 3.31. The van der Waals surface area contributed by atoms with Gasteiger partial charge in [-0.2, -0.15) is 0 Å². The maximum atomic E-state index is 10.9. The third-order valence-electron chi connectivity index (χ3n) is 2.77. The summed E-state index contributed by atoms with van der Waals surface area (Å²) in [4.78, 5) is 18.9. The zero-order valence-electron chi connectivity index (χ0n) is 8.80. The zero-order valence-corrected chi connectivity index (χ0v) is 8.80. The van der Waals surface area contributed by atoms with E-state index in [-0.39, 0.29) is 5.69 Å². The molecule has 1 aliphatic heterocycles. The molecule has 86 valence electrons. The fraction of sp³-hybridized carbons (Fsp3) is 0.182.